The molecule has 0 aliphatic carbocycles. The molecule has 1 aromatic carbocycles. The number of carbonyl (C=O) groups excluding carboxylic acids is 2. The van der Waals surface area contributed by atoms with E-state index >= 15 is 0 Å². The third-order valence-electron chi connectivity index (χ3n) is 2.72. The van der Waals surface area contributed by atoms with E-state index in [1.165, 1.54) is 11.8 Å². The second-order valence-electron chi connectivity index (χ2n) is 4.09. The van der Waals surface area contributed by atoms with Crippen LogP contribution in [0.2, 0.25) is 0 Å². The lowest BCUT2D eigenvalue weighted by Gasteiger charge is -2.18. The Labute approximate surface area is 110 Å². The fraction of sp³-hybridized carbons (Fsp3) is 0.333. The maximum Gasteiger partial charge on any atom is 0.237 e. The Kier molecular flexibility index (Phi) is 3.88. The second kappa shape index (κ2) is 5.41. The van der Waals surface area contributed by atoms with Gasteiger partial charge in [-0.25, -0.2) is 0 Å². The van der Waals surface area contributed by atoms with Gasteiger partial charge in [0.2, 0.25) is 11.8 Å². The van der Waals surface area contributed by atoms with Crippen molar-refractivity contribution in [2.24, 2.45) is 5.73 Å². The van der Waals surface area contributed by atoms with Gasteiger partial charge in [0.25, 0.3) is 0 Å². The molecule has 1 aliphatic rings. The van der Waals surface area contributed by atoms with Crippen molar-refractivity contribution in [2.45, 2.75) is 17.4 Å². The summed E-state index contributed by atoms with van der Waals surface area (Å²) in [6.07, 6.45) is 0.452. The average molecular weight is 265 g/mol. The molecule has 0 aromatic heterocycles. The van der Waals surface area contributed by atoms with Crippen molar-refractivity contribution in [3.8, 4) is 0 Å². The summed E-state index contributed by atoms with van der Waals surface area (Å²) in [5.74, 6) is 0.260. The first-order valence-electron chi connectivity index (χ1n) is 5.63. The Hall–Kier alpha value is -1.53. The number of rotatable bonds is 3. The maximum absolute atomic E-state index is 11.3. The summed E-state index contributed by atoms with van der Waals surface area (Å²) in [7, 11) is 1.56. The average Bonchev–Trinajstić information content (AvgIpc) is 2.37. The van der Waals surface area contributed by atoms with Crippen LogP contribution < -0.4 is 16.4 Å². The third-order valence-corrected chi connectivity index (χ3v) is 3.79. The first kappa shape index (κ1) is 12.9. The minimum Gasteiger partial charge on any atom is -0.358 e. The molecule has 0 radical (unpaired) electrons. The molecule has 6 heteroatoms. The number of carbonyl (C=O) groups is 2. The number of thioether (sulfide) groups is 1. The molecule has 0 bridgehead atoms. The van der Waals surface area contributed by atoms with E-state index in [1.807, 2.05) is 18.2 Å². The van der Waals surface area contributed by atoms with Gasteiger partial charge in [0.15, 0.2) is 0 Å². The van der Waals surface area contributed by atoms with Crippen molar-refractivity contribution >= 4 is 29.3 Å². The molecule has 0 spiro atoms. The van der Waals surface area contributed by atoms with E-state index in [-0.39, 0.29) is 11.8 Å². The van der Waals surface area contributed by atoms with Gasteiger partial charge in [-0.15, -0.1) is 11.8 Å². The predicted molar refractivity (Wildman–Crippen MR) is 71.5 cm³/mol. The van der Waals surface area contributed by atoms with Crippen LogP contribution in [0.3, 0.4) is 0 Å². The van der Waals surface area contributed by atoms with Crippen molar-refractivity contribution in [2.75, 3.05) is 18.1 Å². The van der Waals surface area contributed by atoms with Crippen LogP contribution in [0.4, 0.5) is 5.69 Å². The topological polar surface area (TPSA) is 84.2 Å². The van der Waals surface area contributed by atoms with Crippen LogP contribution in [-0.2, 0) is 16.0 Å². The molecule has 18 heavy (non-hydrogen) atoms. The highest BCUT2D eigenvalue weighted by Gasteiger charge is 2.17. The zero-order chi connectivity index (χ0) is 13.1. The Morgan fingerprint density at radius 1 is 1.61 bits per heavy atom. The number of likely N-dealkylation sites (N-methyl/N-ethyl adjacent to an activating group) is 1. The van der Waals surface area contributed by atoms with Gasteiger partial charge < -0.3 is 16.4 Å². The molecule has 5 nitrogen and oxygen atoms in total. The van der Waals surface area contributed by atoms with E-state index in [2.05, 4.69) is 10.6 Å². The van der Waals surface area contributed by atoms with E-state index in [4.69, 9.17) is 5.73 Å². The van der Waals surface area contributed by atoms with Crippen LogP contribution in [0, 0.1) is 0 Å². The molecule has 1 aliphatic heterocycles. The van der Waals surface area contributed by atoms with Crippen LogP contribution in [0.5, 0.6) is 0 Å². The van der Waals surface area contributed by atoms with E-state index in [1.54, 1.807) is 7.05 Å². The number of benzene rings is 1. The Balaban J connectivity index is 2.13. The summed E-state index contributed by atoms with van der Waals surface area (Å²) in [5, 5.41) is 5.33. The number of hydrogen-bond acceptors (Lipinski definition) is 4. The quantitative estimate of drug-likeness (QED) is 0.736. The zero-order valence-corrected chi connectivity index (χ0v) is 10.8. The fourth-order valence-electron chi connectivity index (χ4n) is 1.79. The molecule has 2 amide bonds. The molecular weight excluding hydrogens is 250 g/mol. The van der Waals surface area contributed by atoms with Gasteiger partial charge >= 0.3 is 0 Å². The number of nitrogens with two attached hydrogens (primary N) is 1. The maximum atomic E-state index is 11.3. The predicted octanol–water partition coefficient (Wildman–Crippen LogP) is 0.347. The first-order valence-corrected chi connectivity index (χ1v) is 6.61. The minimum atomic E-state index is -0.569. The summed E-state index contributed by atoms with van der Waals surface area (Å²) in [6.45, 7) is 0. The number of nitrogens with one attached hydrogen (secondary N) is 2. The Morgan fingerprint density at radius 3 is 3.11 bits per heavy atom. The van der Waals surface area contributed by atoms with Gasteiger partial charge in [0.1, 0.15) is 0 Å². The Morgan fingerprint density at radius 2 is 2.39 bits per heavy atom. The number of amides is 2. The van der Waals surface area contributed by atoms with Gasteiger partial charge in [-0.3, -0.25) is 9.59 Å². The van der Waals surface area contributed by atoms with Crippen LogP contribution in [0.1, 0.15) is 5.56 Å². The van der Waals surface area contributed by atoms with Crippen molar-refractivity contribution in [1.29, 1.82) is 0 Å². The normalized spacial score (nSPS) is 15.6. The summed E-state index contributed by atoms with van der Waals surface area (Å²) in [6, 6.07) is 5.19. The number of fused-ring (bicyclic) bond motifs is 1. The highest BCUT2D eigenvalue weighted by Crippen LogP contribution is 2.32. The highest BCUT2D eigenvalue weighted by atomic mass is 32.2. The second-order valence-corrected chi connectivity index (χ2v) is 5.11. The minimum absolute atomic E-state index is 0.000231. The molecule has 2 rings (SSSR count). The van der Waals surface area contributed by atoms with E-state index in [0.29, 0.717) is 12.2 Å². The molecular formula is C12H15N3O2S. The molecule has 1 unspecified atom stereocenters. The lowest BCUT2D eigenvalue weighted by Crippen LogP contribution is -2.40. The van der Waals surface area contributed by atoms with Crippen molar-refractivity contribution in [3.63, 3.8) is 0 Å². The third kappa shape index (κ3) is 2.83. The Bertz CT molecular complexity index is 490. The van der Waals surface area contributed by atoms with E-state index in [0.717, 1.165) is 16.1 Å². The van der Waals surface area contributed by atoms with Crippen molar-refractivity contribution in [3.05, 3.63) is 23.8 Å². The molecule has 0 saturated carbocycles. The van der Waals surface area contributed by atoms with Gasteiger partial charge in [-0.05, 0) is 24.1 Å². The standard InChI is InChI=1S/C12H15N3O2S/c1-14-12(17)8(13)4-7-2-3-10-9(5-7)15-11(16)6-18-10/h2-3,5,8H,4,6,13H2,1H3,(H,14,17)(H,15,16). The van der Waals surface area contributed by atoms with Gasteiger partial charge in [-0.2, -0.15) is 0 Å². The smallest absolute Gasteiger partial charge is 0.237 e. The molecule has 4 N–H and O–H groups in total. The summed E-state index contributed by atoms with van der Waals surface area (Å²) < 4.78 is 0. The summed E-state index contributed by atoms with van der Waals surface area (Å²) >= 11 is 1.51. The first-order chi connectivity index (χ1) is 8.60. The molecule has 0 fully saturated rings. The largest absolute Gasteiger partial charge is 0.358 e. The highest BCUT2D eigenvalue weighted by molar-refractivity contribution is 8.00. The van der Waals surface area contributed by atoms with Crippen LogP contribution in [-0.4, -0.2) is 30.7 Å². The fourth-order valence-corrected chi connectivity index (χ4v) is 2.58. The monoisotopic (exact) mass is 265 g/mol. The molecule has 1 aromatic rings. The van der Waals surface area contributed by atoms with Crippen molar-refractivity contribution < 1.29 is 9.59 Å². The van der Waals surface area contributed by atoms with E-state index in [9.17, 15) is 9.59 Å². The van der Waals surface area contributed by atoms with Gasteiger partial charge in [0, 0.05) is 11.9 Å². The molecule has 0 saturated heterocycles. The summed E-state index contributed by atoms with van der Waals surface area (Å²) in [5.41, 5.74) is 7.50. The van der Waals surface area contributed by atoms with E-state index < -0.39 is 6.04 Å². The summed E-state index contributed by atoms with van der Waals surface area (Å²) in [4.78, 5) is 23.7. The van der Waals surface area contributed by atoms with Gasteiger partial charge in [-0.1, -0.05) is 6.07 Å². The SMILES string of the molecule is CNC(=O)C(N)Cc1ccc2c(c1)NC(=O)CS2. The molecule has 96 valence electrons. The molecule has 1 heterocycles. The van der Waals surface area contributed by atoms with Crippen molar-refractivity contribution in [1.82, 2.24) is 5.32 Å². The van der Waals surface area contributed by atoms with Crippen LogP contribution >= 0.6 is 11.8 Å². The van der Waals surface area contributed by atoms with Gasteiger partial charge in [0.05, 0.1) is 17.5 Å². The number of hydrogen-bond donors (Lipinski definition) is 3. The number of anilines is 1. The lowest BCUT2D eigenvalue weighted by molar-refractivity contribution is -0.121. The molecule has 1 atom stereocenters. The zero-order valence-electron chi connectivity index (χ0n) is 10.0. The van der Waals surface area contributed by atoms with Crippen LogP contribution in [0.15, 0.2) is 23.1 Å². The van der Waals surface area contributed by atoms with Crippen LogP contribution in [0.25, 0.3) is 0 Å². The lowest BCUT2D eigenvalue weighted by atomic mass is 10.1.